The van der Waals surface area contributed by atoms with Gasteiger partial charge in [-0.25, -0.2) is 14.6 Å². The maximum absolute atomic E-state index is 13.4. The smallest absolute Gasteiger partial charge is 0.293 e. The Labute approximate surface area is 161 Å². The van der Waals surface area contributed by atoms with Gasteiger partial charge in [0.2, 0.25) is 11.9 Å². The first kappa shape index (κ1) is 18.1. The zero-order chi connectivity index (χ0) is 19.5. The molecule has 0 saturated carbocycles. The third-order valence-electron chi connectivity index (χ3n) is 4.63. The quantitative estimate of drug-likeness (QED) is 0.527. The van der Waals surface area contributed by atoms with Crippen molar-refractivity contribution < 1.29 is 4.39 Å². The van der Waals surface area contributed by atoms with Gasteiger partial charge in [-0.1, -0.05) is 12.0 Å². The molecule has 1 aliphatic rings. The number of hydrogen-bond acceptors (Lipinski definition) is 6. The van der Waals surface area contributed by atoms with E-state index in [1.165, 1.54) is 10.7 Å². The van der Waals surface area contributed by atoms with E-state index in [1.54, 1.807) is 25.3 Å². The molecule has 1 aliphatic heterocycles. The molecular weight excluding hydrogens is 361 g/mol. The number of nitrogens with zero attached hydrogens (tertiary/aromatic N) is 6. The lowest BCUT2D eigenvalue weighted by Gasteiger charge is -2.28. The van der Waals surface area contributed by atoms with Crippen LogP contribution in [0.5, 0.6) is 0 Å². The normalized spacial score (nSPS) is 14.1. The Morgan fingerprint density at radius 2 is 2.07 bits per heavy atom. The highest BCUT2D eigenvalue weighted by Gasteiger charge is 2.21. The van der Waals surface area contributed by atoms with Gasteiger partial charge < -0.3 is 10.2 Å². The van der Waals surface area contributed by atoms with Crippen molar-refractivity contribution in [3.63, 3.8) is 0 Å². The van der Waals surface area contributed by atoms with Crippen LogP contribution < -0.4 is 15.8 Å². The molecule has 8 nitrogen and oxygen atoms in total. The Hall–Kier alpha value is -3.25. The van der Waals surface area contributed by atoms with E-state index < -0.39 is 5.95 Å². The molecule has 9 heteroatoms. The third-order valence-corrected chi connectivity index (χ3v) is 4.63. The molecule has 144 valence electrons. The van der Waals surface area contributed by atoms with Gasteiger partial charge >= 0.3 is 0 Å². The molecule has 0 amide bonds. The van der Waals surface area contributed by atoms with Crippen LogP contribution in [-0.2, 0) is 13.1 Å². The van der Waals surface area contributed by atoms with Crippen molar-refractivity contribution in [3.8, 4) is 11.8 Å². The van der Waals surface area contributed by atoms with Gasteiger partial charge in [0.1, 0.15) is 11.0 Å². The van der Waals surface area contributed by atoms with E-state index in [-0.39, 0.29) is 12.1 Å². The van der Waals surface area contributed by atoms with Gasteiger partial charge in [0.25, 0.3) is 5.56 Å². The highest BCUT2D eigenvalue weighted by Crippen LogP contribution is 2.20. The van der Waals surface area contributed by atoms with E-state index >= 15 is 0 Å². The summed E-state index contributed by atoms with van der Waals surface area (Å²) in [7, 11) is 0. The van der Waals surface area contributed by atoms with E-state index in [0.29, 0.717) is 23.3 Å². The molecule has 1 fully saturated rings. The van der Waals surface area contributed by atoms with Crippen LogP contribution in [0, 0.1) is 17.8 Å². The lowest BCUT2D eigenvalue weighted by atomic mass is 10.3. The second-order valence-corrected chi connectivity index (χ2v) is 6.45. The summed E-state index contributed by atoms with van der Waals surface area (Å²) in [5.41, 5.74) is 1.11. The first-order valence-electron chi connectivity index (χ1n) is 9.10. The summed E-state index contributed by atoms with van der Waals surface area (Å²) in [6.45, 7) is 5.53. The second-order valence-electron chi connectivity index (χ2n) is 6.45. The predicted molar refractivity (Wildman–Crippen MR) is 104 cm³/mol. The van der Waals surface area contributed by atoms with Crippen LogP contribution in [-0.4, -0.2) is 50.5 Å². The average Bonchev–Trinajstić information content (AvgIpc) is 3.08. The van der Waals surface area contributed by atoms with Gasteiger partial charge in [-0.15, -0.1) is 5.92 Å². The summed E-state index contributed by atoms with van der Waals surface area (Å²) in [6.07, 6.45) is 1.57. The lowest BCUT2D eigenvalue weighted by molar-refractivity contribution is 0.561. The minimum Gasteiger partial charge on any atom is -0.340 e. The van der Waals surface area contributed by atoms with Crippen molar-refractivity contribution in [1.82, 2.24) is 29.6 Å². The van der Waals surface area contributed by atoms with Crippen LogP contribution in [0.15, 0.2) is 29.2 Å². The molecule has 4 heterocycles. The second kappa shape index (κ2) is 7.78. The van der Waals surface area contributed by atoms with Crippen LogP contribution in [0.3, 0.4) is 0 Å². The molecule has 0 radical (unpaired) electrons. The van der Waals surface area contributed by atoms with Crippen molar-refractivity contribution in [3.05, 3.63) is 46.4 Å². The fraction of sp³-hybridized carbons (Fsp3) is 0.368. The summed E-state index contributed by atoms with van der Waals surface area (Å²) in [5, 5.41) is 7.52. The summed E-state index contributed by atoms with van der Waals surface area (Å²) < 4.78 is 16.5. The fourth-order valence-electron chi connectivity index (χ4n) is 3.29. The lowest BCUT2D eigenvalue weighted by Crippen LogP contribution is -2.44. The Morgan fingerprint density at radius 3 is 2.82 bits per heavy atom. The van der Waals surface area contributed by atoms with Crippen LogP contribution >= 0.6 is 0 Å². The summed E-state index contributed by atoms with van der Waals surface area (Å²) in [4.78, 5) is 23.7. The first-order chi connectivity index (χ1) is 13.7. The van der Waals surface area contributed by atoms with Crippen LogP contribution in [0.2, 0.25) is 0 Å². The molecule has 0 atom stereocenters. The van der Waals surface area contributed by atoms with E-state index in [1.807, 2.05) is 4.57 Å². The monoisotopic (exact) mass is 381 g/mol. The predicted octanol–water partition coefficient (Wildman–Crippen LogP) is 0.608. The first-order valence-corrected chi connectivity index (χ1v) is 9.10. The van der Waals surface area contributed by atoms with Gasteiger partial charge in [-0.3, -0.25) is 9.36 Å². The average molecular weight is 381 g/mol. The minimum atomic E-state index is -0.587. The maximum Gasteiger partial charge on any atom is 0.293 e. The molecule has 3 aromatic rings. The van der Waals surface area contributed by atoms with Crippen molar-refractivity contribution in [2.45, 2.75) is 20.0 Å². The van der Waals surface area contributed by atoms with Gasteiger partial charge in [-0.05, 0) is 19.1 Å². The number of imidazole rings is 1. The Kier molecular flexibility index (Phi) is 5.04. The number of aromatic nitrogens is 5. The van der Waals surface area contributed by atoms with Gasteiger partial charge in [-0.2, -0.15) is 9.49 Å². The molecule has 28 heavy (non-hydrogen) atoms. The SMILES string of the molecule is CC#CCn1c(N2CCNCC2)nc2cnn(Cc3cccc(F)n3)c(=O)c21. The molecule has 0 bridgehead atoms. The Morgan fingerprint density at radius 1 is 1.25 bits per heavy atom. The van der Waals surface area contributed by atoms with Crippen LogP contribution in [0.1, 0.15) is 12.6 Å². The number of fused-ring (bicyclic) bond motifs is 1. The Bertz CT molecular complexity index is 1120. The summed E-state index contributed by atoms with van der Waals surface area (Å²) in [5.74, 6) is 6.04. The highest BCUT2D eigenvalue weighted by atomic mass is 19.1. The number of rotatable bonds is 4. The number of anilines is 1. The number of piperazine rings is 1. The molecule has 0 unspecified atom stereocenters. The molecule has 3 aromatic heterocycles. The molecule has 4 rings (SSSR count). The molecule has 1 N–H and O–H groups in total. The standard InChI is InChI=1S/C19H20FN7O/c1-2-3-9-26-17-15(24-19(26)25-10-7-21-8-11-25)12-22-27(18(17)28)13-14-5-4-6-16(20)23-14/h4-6,12,21H,7-11,13H2,1H3. The van der Waals surface area contributed by atoms with Crippen molar-refractivity contribution in [2.75, 3.05) is 31.1 Å². The van der Waals surface area contributed by atoms with Gasteiger partial charge in [0.15, 0.2) is 0 Å². The number of hydrogen-bond donors (Lipinski definition) is 1. The largest absolute Gasteiger partial charge is 0.340 e. The summed E-state index contributed by atoms with van der Waals surface area (Å²) >= 11 is 0. The van der Waals surface area contributed by atoms with E-state index in [2.05, 4.69) is 37.1 Å². The molecular formula is C19H20FN7O. The molecule has 0 spiro atoms. The maximum atomic E-state index is 13.4. The third kappa shape index (κ3) is 3.46. The van der Waals surface area contributed by atoms with Crippen LogP contribution in [0.25, 0.3) is 11.0 Å². The van der Waals surface area contributed by atoms with E-state index in [4.69, 9.17) is 0 Å². The van der Waals surface area contributed by atoms with Crippen molar-refractivity contribution >= 4 is 17.0 Å². The van der Waals surface area contributed by atoms with E-state index in [0.717, 1.165) is 32.1 Å². The topological polar surface area (TPSA) is 80.9 Å². The minimum absolute atomic E-state index is 0.0835. The highest BCUT2D eigenvalue weighted by molar-refractivity contribution is 5.77. The molecule has 0 aliphatic carbocycles. The van der Waals surface area contributed by atoms with Gasteiger partial charge in [0.05, 0.1) is 25.0 Å². The van der Waals surface area contributed by atoms with Crippen LogP contribution in [0.4, 0.5) is 10.3 Å². The number of halogens is 1. The fourth-order valence-corrected chi connectivity index (χ4v) is 3.29. The van der Waals surface area contributed by atoms with E-state index in [9.17, 15) is 9.18 Å². The molecule has 0 aromatic carbocycles. The zero-order valence-corrected chi connectivity index (χ0v) is 15.5. The number of nitrogens with one attached hydrogen (secondary N) is 1. The molecule has 1 saturated heterocycles. The Balaban J connectivity index is 1.81. The van der Waals surface area contributed by atoms with Gasteiger partial charge in [0, 0.05) is 26.2 Å². The zero-order valence-electron chi connectivity index (χ0n) is 15.5. The van der Waals surface area contributed by atoms with Crippen molar-refractivity contribution in [1.29, 1.82) is 0 Å². The number of pyridine rings is 1. The summed E-state index contributed by atoms with van der Waals surface area (Å²) in [6, 6.07) is 4.49. The van der Waals surface area contributed by atoms with Crippen molar-refractivity contribution in [2.24, 2.45) is 0 Å².